The number of nitrogens with zero attached hydrogens (tertiary/aromatic N) is 1. The van der Waals surface area contributed by atoms with Crippen molar-refractivity contribution in [2.45, 2.75) is 89.6 Å². The third kappa shape index (κ3) is 5.33. The summed E-state index contributed by atoms with van der Waals surface area (Å²) in [4.78, 5) is 18.9. The topological polar surface area (TPSA) is 48.1 Å². The van der Waals surface area contributed by atoms with Crippen LogP contribution in [0.4, 0.5) is 5.69 Å². The number of terminal acetylenes is 1. The van der Waals surface area contributed by atoms with Crippen LogP contribution in [0.3, 0.4) is 0 Å². The fourth-order valence-electron chi connectivity index (χ4n) is 8.03. The Morgan fingerprint density at radius 3 is 2.56 bits per heavy atom. The molecule has 2 aromatic carbocycles. The van der Waals surface area contributed by atoms with Crippen LogP contribution < -0.4 is 5.32 Å². The van der Waals surface area contributed by atoms with E-state index in [0.717, 1.165) is 72.4 Å². The van der Waals surface area contributed by atoms with E-state index in [9.17, 15) is 4.79 Å². The van der Waals surface area contributed by atoms with Crippen molar-refractivity contribution >= 4 is 22.5 Å². The minimum atomic E-state index is -0.218. The van der Waals surface area contributed by atoms with Gasteiger partial charge in [0.1, 0.15) is 0 Å². The minimum Gasteiger partial charge on any atom is -0.385 e. The molecule has 6 rings (SSSR count). The van der Waals surface area contributed by atoms with Gasteiger partial charge < -0.3 is 15.2 Å². The fraction of sp³-hybridized carbons (Fsp3) is 0.514. The number of unbranched alkanes of at least 4 members (excludes halogenated alkanes) is 1. The van der Waals surface area contributed by atoms with Gasteiger partial charge in [0.25, 0.3) is 5.91 Å². The van der Waals surface area contributed by atoms with Crippen molar-refractivity contribution in [2.75, 3.05) is 11.9 Å². The average molecular weight is 522 g/mol. The van der Waals surface area contributed by atoms with E-state index < -0.39 is 0 Å². The van der Waals surface area contributed by atoms with Crippen LogP contribution in [0.1, 0.15) is 94.0 Å². The number of carbonyl (C=O) groups excluding carboxylic acids is 1. The molecule has 2 bridgehead atoms. The van der Waals surface area contributed by atoms with Crippen molar-refractivity contribution in [1.29, 1.82) is 0 Å². The van der Waals surface area contributed by atoms with Crippen LogP contribution in [-0.2, 0) is 11.2 Å². The number of benzene rings is 2. The first-order valence-corrected chi connectivity index (χ1v) is 15.4. The second-order valence-corrected chi connectivity index (χ2v) is 12.4. The molecule has 4 nitrogen and oxygen atoms in total. The third-order valence-corrected chi connectivity index (χ3v) is 9.81. The predicted molar refractivity (Wildman–Crippen MR) is 161 cm³/mol. The van der Waals surface area contributed by atoms with Crippen LogP contribution in [0.5, 0.6) is 0 Å². The molecule has 2 heterocycles. The highest BCUT2D eigenvalue weighted by atomic mass is 16.2. The molecule has 1 aromatic heterocycles. The van der Waals surface area contributed by atoms with Gasteiger partial charge in [-0.25, -0.2) is 0 Å². The van der Waals surface area contributed by atoms with E-state index in [1.165, 1.54) is 55.9 Å². The number of amides is 1. The molecular formula is C35H43N3O. The lowest BCUT2D eigenvalue weighted by Crippen LogP contribution is -2.47. The van der Waals surface area contributed by atoms with E-state index in [4.69, 9.17) is 6.42 Å². The molecule has 2 fully saturated rings. The maximum Gasteiger partial charge on any atom is 0.299 e. The lowest BCUT2D eigenvalue weighted by molar-refractivity contribution is -0.130. The Morgan fingerprint density at radius 1 is 1.05 bits per heavy atom. The Kier molecular flexibility index (Phi) is 7.69. The maximum atomic E-state index is 13.2. The van der Waals surface area contributed by atoms with Gasteiger partial charge in [0.05, 0.1) is 6.04 Å². The Hall–Kier alpha value is -3.19. The van der Waals surface area contributed by atoms with Crippen molar-refractivity contribution in [2.24, 2.45) is 17.8 Å². The zero-order valence-electron chi connectivity index (χ0n) is 23.4. The summed E-state index contributed by atoms with van der Waals surface area (Å²) in [6, 6.07) is 17.1. The maximum absolute atomic E-state index is 13.2. The number of para-hydroxylation sites is 1. The lowest BCUT2D eigenvalue weighted by Gasteiger charge is -2.41. The van der Waals surface area contributed by atoms with Crippen LogP contribution in [0.15, 0.2) is 48.5 Å². The summed E-state index contributed by atoms with van der Waals surface area (Å²) in [6.07, 6.45) is 19.7. The molecule has 4 heteroatoms. The largest absolute Gasteiger partial charge is 0.385 e. The molecule has 2 unspecified atom stereocenters. The zero-order valence-corrected chi connectivity index (χ0v) is 23.4. The molecule has 2 saturated carbocycles. The smallest absolute Gasteiger partial charge is 0.299 e. The summed E-state index contributed by atoms with van der Waals surface area (Å²) >= 11 is 0. The summed E-state index contributed by atoms with van der Waals surface area (Å²) in [5.74, 6) is 5.09. The highest BCUT2D eigenvalue weighted by Crippen LogP contribution is 2.44. The quantitative estimate of drug-likeness (QED) is 0.297. The number of hydrogen-bond acceptors (Lipinski definition) is 2. The highest BCUT2D eigenvalue weighted by Gasteiger charge is 2.39. The van der Waals surface area contributed by atoms with Crippen LogP contribution in [0.2, 0.25) is 0 Å². The van der Waals surface area contributed by atoms with Crippen molar-refractivity contribution in [1.82, 2.24) is 9.88 Å². The second kappa shape index (κ2) is 11.5. The number of hydrogen-bond donors (Lipinski definition) is 2. The molecular weight excluding hydrogens is 478 g/mol. The van der Waals surface area contributed by atoms with Crippen molar-refractivity contribution in [3.05, 3.63) is 65.4 Å². The van der Waals surface area contributed by atoms with E-state index in [2.05, 4.69) is 71.7 Å². The number of aromatic nitrogens is 1. The van der Waals surface area contributed by atoms with Gasteiger partial charge >= 0.3 is 0 Å². The van der Waals surface area contributed by atoms with E-state index in [0.29, 0.717) is 0 Å². The molecule has 2 aliphatic carbocycles. The summed E-state index contributed by atoms with van der Waals surface area (Å²) in [5.41, 5.74) is 5.83. The molecule has 39 heavy (non-hydrogen) atoms. The zero-order chi connectivity index (χ0) is 26.8. The Morgan fingerprint density at radius 2 is 1.82 bits per heavy atom. The van der Waals surface area contributed by atoms with Crippen molar-refractivity contribution in [3.63, 3.8) is 0 Å². The van der Waals surface area contributed by atoms with E-state index in [-0.39, 0.29) is 18.0 Å². The summed E-state index contributed by atoms with van der Waals surface area (Å²) < 4.78 is 0. The summed E-state index contributed by atoms with van der Waals surface area (Å²) in [7, 11) is 0. The van der Waals surface area contributed by atoms with Crippen molar-refractivity contribution < 1.29 is 4.79 Å². The molecule has 3 aromatic rings. The third-order valence-electron chi connectivity index (χ3n) is 9.81. The molecule has 4 atom stereocenters. The first kappa shape index (κ1) is 26.1. The average Bonchev–Trinajstić information content (AvgIpc) is 3.33. The van der Waals surface area contributed by atoms with E-state index in [1.807, 2.05) is 4.90 Å². The van der Waals surface area contributed by atoms with Gasteiger partial charge in [0, 0.05) is 34.9 Å². The van der Waals surface area contributed by atoms with E-state index in [1.54, 1.807) is 0 Å². The van der Waals surface area contributed by atoms with Crippen LogP contribution in [0, 0.1) is 30.1 Å². The van der Waals surface area contributed by atoms with Crippen LogP contribution in [0.25, 0.3) is 10.9 Å². The highest BCUT2D eigenvalue weighted by molar-refractivity contribution is 5.95. The Bertz CT molecular complexity index is 1320. The Labute approximate surface area is 233 Å². The van der Waals surface area contributed by atoms with E-state index >= 15 is 0 Å². The van der Waals surface area contributed by atoms with Crippen molar-refractivity contribution in [3.8, 4) is 12.3 Å². The number of aromatic amines is 1. The number of anilines is 1. The SMILES string of the molecule is C#CC(=O)N1[C@@H](CCCC)Cc2c([nH]c3ccccc23)[C@@H]1c1ccc(NCCC2CC3CCCC(C3)C2)cc1. The molecule has 2 N–H and O–H groups in total. The first-order chi connectivity index (χ1) is 19.1. The molecule has 0 radical (unpaired) electrons. The second-order valence-electron chi connectivity index (χ2n) is 12.4. The fourth-order valence-corrected chi connectivity index (χ4v) is 8.03. The molecule has 204 valence electrons. The van der Waals surface area contributed by atoms with Gasteiger partial charge in [-0.1, -0.05) is 69.4 Å². The first-order valence-electron chi connectivity index (χ1n) is 15.4. The van der Waals surface area contributed by atoms with Crippen LogP contribution in [-0.4, -0.2) is 28.4 Å². The number of carbonyl (C=O) groups is 1. The monoisotopic (exact) mass is 521 g/mol. The van der Waals surface area contributed by atoms with Gasteiger partial charge in [-0.3, -0.25) is 4.79 Å². The standard InChI is InChI=1S/C35H43N3O/c1-3-5-11-29-23-31-30-12-6-7-13-32(30)37-34(31)35(38(29)33(39)4-2)27-14-16-28(17-15-27)36-19-18-26-21-24-9-8-10-25(20-24)22-26/h2,6-7,12-17,24-26,29,35-37H,3,5,8-11,18-23H2,1H3/t24?,25?,26?,29-,35-/m0/s1. The number of H-pyrrole nitrogens is 1. The van der Waals surface area contributed by atoms with Crippen LogP contribution >= 0.6 is 0 Å². The molecule has 0 saturated heterocycles. The minimum absolute atomic E-state index is 0.0954. The Balaban J connectivity index is 1.23. The lowest BCUT2D eigenvalue weighted by atomic mass is 9.67. The molecule has 1 amide bonds. The molecule has 1 aliphatic heterocycles. The van der Waals surface area contributed by atoms with Gasteiger partial charge in [-0.2, -0.15) is 0 Å². The number of fused-ring (bicyclic) bond motifs is 5. The summed E-state index contributed by atoms with van der Waals surface area (Å²) in [5, 5.41) is 4.95. The van der Waals surface area contributed by atoms with Gasteiger partial charge in [-0.05, 0) is 91.5 Å². The van der Waals surface area contributed by atoms with Gasteiger partial charge in [0.15, 0.2) is 0 Å². The summed E-state index contributed by atoms with van der Waals surface area (Å²) in [6.45, 7) is 3.23. The predicted octanol–water partition coefficient (Wildman–Crippen LogP) is 7.85. The normalized spacial score (nSPS) is 26.2. The number of nitrogens with one attached hydrogen (secondary N) is 2. The number of rotatable bonds is 8. The molecule has 0 spiro atoms. The molecule has 3 aliphatic rings. The van der Waals surface area contributed by atoms with Gasteiger partial charge in [-0.15, -0.1) is 6.42 Å². The van der Waals surface area contributed by atoms with Gasteiger partial charge in [0.2, 0.25) is 0 Å².